The van der Waals surface area contributed by atoms with Crippen molar-refractivity contribution in [1.29, 1.82) is 0 Å². The van der Waals surface area contributed by atoms with Gasteiger partial charge in [0.2, 0.25) is 0 Å². The highest BCUT2D eigenvalue weighted by Crippen LogP contribution is 2.54. The van der Waals surface area contributed by atoms with Crippen molar-refractivity contribution in [2.75, 3.05) is 0 Å². The first-order valence-electron chi connectivity index (χ1n) is 4.89. The van der Waals surface area contributed by atoms with Crippen LogP contribution >= 0.6 is 46.4 Å². The standard InChI is InChI=1S/C12H4Cl4O2/c13-5-2-1-3-7-11(5)18-12-8(17-7)4-6(14)9(15)10(12)16/h1-4H. The smallest absolute Gasteiger partial charge is 0.190 e. The number of halogens is 4. The van der Waals surface area contributed by atoms with E-state index in [2.05, 4.69) is 0 Å². The molecule has 0 atom stereocenters. The van der Waals surface area contributed by atoms with Crippen LogP contribution in [0.1, 0.15) is 0 Å². The Bertz CT molecular complexity index is 655. The normalized spacial score (nSPS) is 12.2. The van der Waals surface area contributed by atoms with Crippen molar-refractivity contribution in [3.63, 3.8) is 0 Å². The highest BCUT2D eigenvalue weighted by molar-refractivity contribution is 6.48. The maximum atomic E-state index is 6.07. The van der Waals surface area contributed by atoms with Crippen LogP contribution in [0.3, 0.4) is 0 Å². The summed E-state index contributed by atoms with van der Waals surface area (Å²) in [5.41, 5.74) is 0. The van der Waals surface area contributed by atoms with E-state index in [4.69, 9.17) is 55.9 Å². The van der Waals surface area contributed by atoms with Crippen molar-refractivity contribution >= 4 is 46.4 Å². The molecule has 1 aliphatic heterocycles. The molecule has 0 N–H and O–H groups in total. The highest BCUT2D eigenvalue weighted by atomic mass is 35.5. The molecule has 0 bridgehead atoms. The van der Waals surface area contributed by atoms with Gasteiger partial charge in [0.25, 0.3) is 0 Å². The van der Waals surface area contributed by atoms with Crippen LogP contribution in [0.4, 0.5) is 0 Å². The van der Waals surface area contributed by atoms with E-state index in [1.165, 1.54) is 0 Å². The Hall–Kier alpha value is -0.800. The Labute approximate surface area is 123 Å². The molecule has 92 valence electrons. The lowest BCUT2D eigenvalue weighted by Crippen LogP contribution is -2.00. The van der Waals surface area contributed by atoms with E-state index in [1.54, 1.807) is 24.3 Å². The molecule has 2 aromatic carbocycles. The molecule has 0 amide bonds. The molecule has 0 aromatic heterocycles. The number of benzene rings is 2. The first-order valence-corrected chi connectivity index (χ1v) is 6.41. The Kier molecular flexibility index (Phi) is 2.99. The van der Waals surface area contributed by atoms with Gasteiger partial charge in [0.05, 0.1) is 15.1 Å². The Morgan fingerprint density at radius 1 is 0.722 bits per heavy atom. The number of fused-ring (bicyclic) bond motifs is 2. The molecule has 0 saturated heterocycles. The minimum absolute atomic E-state index is 0.199. The van der Waals surface area contributed by atoms with Gasteiger partial charge in [-0.05, 0) is 12.1 Å². The predicted molar refractivity (Wildman–Crippen MR) is 73.1 cm³/mol. The molecule has 3 rings (SSSR count). The summed E-state index contributed by atoms with van der Waals surface area (Å²) in [5, 5.41) is 1.15. The molecule has 0 spiro atoms. The number of ether oxygens (including phenoxy) is 2. The summed E-state index contributed by atoms with van der Waals surface area (Å²) < 4.78 is 11.3. The van der Waals surface area contributed by atoms with Crippen molar-refractivity contribution in [2.24, 2.45) is 0 Å². The van der Waals surface area contributed by atoms with E-state index in [-0.39, 0.29) is 10.0 Å². The van der Waals surface area contributed by atoms with Crippen LogP contribution < -0.4 is 9.47 Å². The molecule has 1 aliphatic rings. The second-order valence-electron chi connectivity index (χ2n) is 3.58. The summed E-state index contributed by atoms with van der Waals surface area (Å²) in [6.45, 7) is 0. The van der Waals surface area contributed by atoms with Crippen molar-refractivity contribution in [3.05, 3.63) is 44.4 Å². The van der Waals surface area contributed by atoms with Gasteiger partial charge in [0.15, 0.2) is 23.0 Å². The molecule has 0 fully saturated rings. The van der Waals surface area contributed by atoms with Gasteiger partial charge in [-0.1, -0.05) is 52.5 Å². The van der Waals surface area contributed by atoms with Gasteiger partial charge in [-0.15, -0.1) is 0 Å². The van der Waals surface area contributed by atoms with Gasteiger partial charge >= 0.3 is 0 Å². The van der Waals surface area contributed by atoms with Gasteiger partial charge in [-0.3, -0.25) is 0 Å². The summed E-state index contributed by atoms with van der Waals surface area (Å²) >= 11 is 24.0. The lowest BCUT2D eigenvalue weighted by molar-refractivity contribution is 0.360. The van der Waals surface area contributed by atoms with Crippen molar-refractivity contribution < 1.29 is 9.47 Å². The van der Waals surface area contributed by atoms with E-state index in [1.807, 2.05) is 0 Å². The first-order chi connectivity index (χ1) is 8.58. The van der Waals surface area contributed by atoms with E-state index in [0.717, 1.165) is 0 Å². The molecule has 2 nitrogen and oxygen atoms in total. The molecule has 0 saturated carbocycles. The van der Waals surface area contributed by atoms with Gasteiger partial charge in [-0.2, -0.15) is 0 Å². The SMILES string of the molecule is Clc1cc2c(c(Cl)c1Cl)Oc1c(Cl)cccc1O2. The third-order valence-corrected chi connectivity index (χ3v) is 3.98. The molecule has 0 radical (unpaired) electrons. The Morgan fingerprint density at radius 2 is 1.50 bits per heavy atom. The number of hydrogen-bond acceptors (Lipinski definition) is 2. The maximum absolute atomic E-state index is 6.07. The minimum atomic E-state index is 0.199. The van der Waals surface area contributed by atoms with Crippen LogP contribution in [-0.4, -0.2) is 0 Å². The quantitative estimate of drug-likeness (QED) is 0.459. The lowest BCUT2D eigenvalue weighted by atomic mass is 10.2. The fourth-order valence-corrected chi connectivity index (χ4v) is 2.44. The van der Waals surface area contributed by atoms with E-state index >= 15 is 0 Å². The van der Waals surface area contributed by atoms with E-state index in [0.29, 0.717) is 33.0 Å². The Balaban J connectivity index is 2.20. The molecule has 6 heteroatoms. The molecule has 18 heavy (non-hydrogen) atoms. The maximum Gasteiger partial charge on any atom is 0.190 e. The molecule has 0 aliphatic carbocycles. The summed E-state index contributed by atoms with van der Waals surface area (Å²) in [7, 11) is 0. The third kappa shape index (κ3) is 1.81. The average molecular weight is 322 g/mol. The number of para-hydroxylation sites is 1. The van der Waals surface area contributed by atoms with Crippen LogP contribution in [0, 0.1) is 0 Å². The van der Waals surface area contributed by atoms with Crippen LogP contribution in [0.2, 0.25) is 20.1 Å². The lowest BCUT2D eigenvalue weighted by Gasteiger charge is -2.22. The average Bonchev–Trinajstić information content (AvgIpc) is 2.35. The molecule has 1 heterocycles. The van der Waals surface area contributed by atoms with Gasteiger partial charge in [0, 0.05) is 6.07 Å². The van der Waals surface area contributed by atoms with Gasteiger partial charge in [-0.25, -0.2) is 0 Å². The van der Waals surface area contributed by atoms with Crippen molar-refractivity contribution in [2.45, 2.75) is 0 Å². The zero-order chi connectivity index (χ0) is 12.9. The highest BCUT2D eigenvalue weighted by Gasteiger charge is 2.26. The third-order valence-electron chi connectivity index (χ3n) is 2.44. The monoisotopic (exact) mass is 320 g/mol. The summed E-state index contributed by atoms with van der Waals surface area (Å²) in [6, 6.07) is 6.74. The van der Waals surface area contributed by atoms with E-state index < -0.39 is 0 Å². The number of hydrogen-bond donors (Lipinski definition) is 0. The van der Waals surface area contributed by atoms with Crippen molar-refractivity contribution in [1.82, 2.24) is 0 Å². The van der Waals surface area contributed by atoms with E-state index in [9.17, 15) is 0 Å². The fourth-order valence-electron chi connectivity index (χ4n) is 1.62. The van der Waals surface area contributed by atoms with Crippen LogP contribution in [-0.2, 0) is 0 Å². The summed E-state index contributed by atoms with van der Waals surface area (Å²) in [6.07, 6.45) is 0. The topological polar surface area (TPSA) is 18.5 Å². The predicted octanol–water partition coefficient (Wildman–Crippen LogP) is 6.20. The second kappa shape index (κ2) is 4.39. The van der Waals surface area contributed by atoms with Crippen molar-refractivity contribution in [3.8, 4) is 23.0 Å². The molecule has 2 aromatic rings. The molecular formula is C12H4Cl4O2. The zero-order valence-electron chi connectivity index (χ0n) is 8.64. The van der Waals surface area contributed by atoms with Gasteiger partial charge < -0.3 is 9.47 Å². The van der Waals surface area contributed by atoms with Crippen LogP contribution in [0.15, 0.2) is 24.3 Å². The zero-order valence-corrected chi connectivity index (χ0v) is 11.7. The largest absolute Gasteiger partial charge is 0.449 e. The second-order valence-corrected chi connectivity index (χ2v) is 5.16. The molecule has 0 unspecified atom stereocenters. The van der Waals surface area contributed by atoms with Crippen LogP contribution in [0.5, 0.6) is 23.0 Å². The minimum Gasteiger partial charge on any atom is -0.449 e. The Morgan fingerprint density at radius 3 is 2.28 bits per heavy atom. The number of rotatable bonds is 0. The van der Waals surface area contributed by atoms with Gasteiger partial charge in [0.1, 0.15) is 5.02 Å². The first kappa shape index (κ1) is 12.2. The van der Waals surface area contributed by atoms with Crippen LogP contribution in [0.25, 0.3) is 0 Å². The summed E-state index contributed by atoms with van der Waals surface area (Å²) in [5.74, 6) is 1.63. The summed E-state index contributed by atoms with van der Waals surface area (Å²) in [4.78, 5) is 0. The fraction of sp³-hybridized carbons (Fsp3) is 0. The molecular weight excluding hydrogens is 318 g/mol.